The Labute approximate surface area is 221 Å². The van der Waals surface area contributed by atoms with Crippen LogP contribution < -0.4 is 4.90 Å². The van der Waals surface area contributed by atoms with Gasteiger partial charge in [0.25, 0.3) is 0 Å². The molecule has 0 fully saturated rings. The Morgan fingerprint density at radius 3 is 2.03 bits per heavy atom. The summed E-state index contributed by atoms with van der Waals surface area (Å²) < 4.78 is 6.15. The van der Waals surface area contributed by atoms with Crippen LogP contribution in [0.4, 0.5) is 17.1 Å². The number of hydrogen-bond acceptors (Lipinski definition) is 3. The molecule has 190 valence electrons. The topological polar surface area (TPSA) is 29.5 Å². The molecule has 0 amide bonds. The summed E-state index contributed by atoms with van der Waals surface area (Å²) in [5.74, 6) is -0.0967. The minimum absolute atomic E-state index is 0.0967. The fraction of sp³-hybridized carbons (Fsp3) is 0.324. The fourth-order valence-electron chi connectivity index (χ4n) is 6.03. The third-order valence-corrected chi connectivity index (χ3v) is 7.97. The van der Waals surface area contributed by atoms with Gasteiger partial charge < -0.3 is 9.64 Å². The number of hydrogen-bond donors (Lipinski definition) is 0. The molecule has 0 saturated carbocycles. The van der Waals surface area contributed by atoms with Crippen molar-refractivity contribution in [2.24, 2.45) is 0 Å². The number of rotatable bonds is 7. The first kappa shape index (κ1) is 25.1. The molecule has 0 radical (unpaired) electrons. The Morgan fingerprint density at radius 2 is 1.43 bits per heavy atom. The molecule has 37 heavy (non-hydrogen) atoms. The van der Waals surface area contributed by atoms with Gasteiger partial charge >= 0.3 is 5.97 Å². The van der Waals surface area contributed by atoms with Gasteiger partial charge in [-0.15, -0.1) is 0 Å². The molecule has 3 nitrogen and oxygen atoms in total. The van der Waals surface area contributed by atoms with E-state index in [1.165, 1.54) is 33.4 Å². The summed E-state index contributed by atoms with van der Waals surface area (Å²) in [7, 11) is 0. The summed E-state index contributed by atoms with van der Waals surface area (Å²) >= 11 is 0. The maximum atomic E-state index is 13.0. The molecule has 5 rings (SSSR count). The molecule has 0 N–H and O–H groups in total. The van der Waals surface area contributed by atoms with Crippen LogP contribution in [0.1, 0.15) is 62.6 Å². The van der Waals surface area contributed by atoms with Gasteiger partial charge in [0.15, 0.2) is 0 Å². The molecule has 2 aliphatic carbocycles. The summed E-state index contributed by atoms with van der Waals surface area (Å²) in [6, 6.07) is 25.4. The van der Waals surface area contributed by atoms with Crippen molar-refractivity contribution in [1.29, 1.82) is 0 Å². The Bertz CT molecular complexity index is 1290. The molecule has 0 heterocycles. The number of nitrogens with zero attached hydrogens (tertiary/aromatic N) is 1. The lowest BCUT2D eigenvalue weighted by Gasteiger charge is -2.30. The highest BCUT2D eigenvalue weighted by Crippen LogP contribution is 2.45. The van der Waals surface area contributed by atoms with E-state index in [0.717, 1.165) is 42.7 Å². The number of para-hydroxylation sites is 2. The first-order chi connectivity index (χ1) is 17.8. The summed E-state index contributed by atoms with van der Waals surface area (Å²) in [5, 5.41) is 0. The predicted molar refractivity (Wildman–Crippen MR) is 153 cm³/mol. The van der Waals surface area contributed by atoms with Gasteiger partial charge in [-0.25, -0.2) is 0 Å². The lowest BCUT2D eigenvalue weighted by Crippen LogP contribution is -2.32. The number of esters is 1. The minimum Gasteiger partial charge on any atom is -0.455 e. The van der Waals surface area contributed by atoms with Crippen LogP contribution in [-0.4, -0.2) is 11.6 Å². The highest BCUT2D eigenvalue weighted by atomic mass is 16.6. The summed E-state index contributed by atoms with van der Waals surface area (Å²) in [6.07, 6.45) is 7.38. The van der Waals surface area contributed by atoms with E-state index in [0.29, 0.717) is 12.8 Å². The Balaban J connectivity index is 1.33. The molecule has 0 spiro atoms. The Hall–Kier alpha value is -3.59. The van der Waals surface area contributed by atoms with Crippen LogP contribution in [0.2, 0.25) is 0 Å². The number of aryl methyl sites for hydroxylation is 2. The zero-order valence-electron chi connectivity index (χ0n) is 22.5. The highest BCUT2D eigenvalue weighted by molar-refractivity contribution is 5.77. The van der Waals surface area contributed by atoms with Gasteiger partial charge in [-0.05, 0) is 124 Å². The second-order valence-electron chi connectivity index (χ2n) is 10.8. The molecule has 0 saturated heterocycles. The van der Waals surface area contributed by atoms with Crippen molar-refractivity contribution in [3.8, 4) is 0 Å². The van der Waals surface area contributed by atoms with Crippen molar-refractivity contribution in [2.75, 3.05) is 4.90 Å². The van der Waals surface area contributed by atoms with E-state index in [1.54, 1.807) is 0 Å². The predicted octanol–water partition coefficient (Wildman–Crippen LogP) is 8.84. The van der Waals surface area contributed by atoms with Crippen LogP contribution in [0.25, 0.3) is 0 Å². The zero-order chi connectivity index (χ0) is 26.0. The largest absolute Gasteiger partial charge is 0.455 e. The van der Waals surface area contributed by atoms with Gasteiger partial charge in [-0.2, -0.15) is 0 Å². The normalized spacial score (nSPS) is 18.9. The number of anilines is 3. The van der Waals surface area contributed by atoms with E-state index < -0.39 is 5.60 Å². The van der Waals surface area contributed by atoms with E-state index in [-0.39, 0.29) is 5.97 Å². The Morgan fingerprint density at radius 1 is 0.838 bits per heavy atom. The molecule has 3 aromatic carbocycles. The lowest BCUT2D eigenvalue weighted by atomic mass is 9.88. The third-order valence-electron chi connectivity index (χ3n) is 7.97. The number of allylic oxidation sites excluding steroid dienone is 3. The monoisotopic (exact) mass is 491 g/mol. The van der Waals surface area contributed by atoms with E-state index >= 15 is 0 Å². The van der Waals surface area contributed by atoms with Crippen LogP contribution in [0.3, 0.4) is 0 Å². The fourth-order valence-corrected chi connectivity index (χ4v) is 6.03. The van der Waals surface area contributed by atoms with Crippen molar-refractivity contribution >= 4 is 23.0 Å². The molecule has 2 aliphatic rings. The van der Waals surface area contributed by atoms with Crippen LogP contribution >= 0.6 is 0 Å². The molecular formula is C34H37NO2. The standard InChI is InChI=1S/C34H37NO2/c1-24-15-17-32-27(21-24)19-20-34(32,4)37-33(36)18-16-31-25(2)22-30(23-26(31)3)35(28-11-7-5-8-12-28)29-13-9-6-10-14-29/h5-14,21-23H,15-20H2,1-4H3. The third kappa shape index (κ3) is 5.27. The molecule has 1 unspecified atom stereocenters. The SMILES string of the molecule is CC1=CC2=C(CC1)C(C)(OC(=O)CCc1c(C)cc(N(c3ccccc3)c3ccccc3)cc1C)CC2. The number of benzene rings is 3. The van der Waals surface area contributed by atoms with Crippen molar-refractivity contribution in [2.45, 2.75) is 71.8 Å². The first-order valence-electron chi connectivity index (χ1n) is 13.5. The van der Waals surface area contributed by atoms with Crippen molar-refractivity contribution in [1.82, 2.24) is 0 Å². The smallest absolute Gasteiger partial charge is 0.306 e. The van der Waals surface area contributed by atoms with Crippen LogP contribution in [-0.2, 0) is 16.0 Å². The molecule has 3 aromatic rings. The van der Waals surface area contributed by atoms with Gasteiger partial charge in [0.2, 0.25) is 0 Å². The van der Waals surface area contributed by atoms with Crippen molar-refractivity contribution in [3.05, 3.63) is 112 Å². The summed E-state index contributed by atoms with van der Waals surface area (Å²) in [4.78, 5) is 15.3. The maximum Gasteiger partial charge on any atom is 0.306 e. The Kier molecular flexibility index (Phi) is 7.06. The summed E-state index contributed by atoms with van der Waals surface area (Å²) in [6.45, 7) is 8.60. The van der Waals surface area contributed by atoms with E-state index in [1.807, 2.05) is 12.1 Å². The van der Waals surface area contributed by atoms with Gasteiger partial charge in [0, 0.05) is 23.5 Å². The maximum absolute atomic E-state index is 13.0. The number of carbonyl (C=O) groups is 1. The lowest BCUT2D eigenvalue weighted by molar-refractivity contribution is -0.154. The average Bonchev–Trinajstić information content (AvgIpc) is 3.20. The van der Waals surface area contributed by atoms with E-state index in [2.05, 4.69) is 99.3 Å². The quantitative estimate of drug-likeness (QED) is 0.309. The van der Waals surface area contributed by atoms with Gasteiger partial charge in [-0.3, -0.25) is 4.79 Å². The number of carbonyl (C=O) groups excluding carboxylic acids is 1. The number of ether oxygens (including phenoxy) is 1. The minimum atomic E-state index is -0.441. The molecule has 1 atom stereocenters. The van der Waals surface area contributed by atoms with Gasteiger partial charge in [-0.1, -0.05) is 48.0 Å². The highest BCUT2D eigenvalue weighted by Gasteiger charge is 2.40. The van der Waals surface area contributed by atoms with Crippen molar-refractivity contribution < 1.29 is 9.53 Å². The molecule has 3 heteroatoms. The molecule has 0 aliphatic heterocycles. The summed E-state index contributed by atoms with van der Waals surface area (Å²) in [5.41, 5.74) is 10.7. The van der Waals surface area contributed by atoms with E-state index in [4.69, 9.17) is 4.74 Å². The first-order valence-corrected chi connectivity index (χ1v) is 13.5. The zero-order valence-corrected chi connectivity index (χ0v) is 22.5. The van der Waals surface area contributed by atoms with E-state index in [9.17, 15) is 4.79 Å². The molecule has 0 aromatic heterocycles. The van der Waals surface area contributed by atoms with Crippen LogP contribution in [0, 0.1) is 13.8 Å². The van der Waals surface area contributed by atoms with Crippen molar-refractivity contribution in [3.63, 3.8) is 0 Å². The second kappa shape index (κ2) is 10.4. The average molecular weight is 492 g/mol. The second-order valence-corrected chi connectivity index (χ2v) is 10.8. The van der Waals surface area contributed by atoms with Crippen LogP contribution in [0.5, 0.6) is 0 Å². The van der Waals surface area contributed by atoms with Crippen LogP contribution in [0.15, 0.2) is 95.6 Å². The molecular weight excluding hydrogens is 454 g/mol. The van der Waals surface area contributed by atoms with Gasteiger partial charge in [0.1, 0.15) is 5.60 Å². The molecule has 0 bridgehead atoms. The van der Waals surface area contributed by atoms with Gasteiger partial charge in [0.05, 0.1) is 0 Å².